The van der Waals surface area contributed by atoms with Gasteiger partial charge in [-0.05, 0) is 24.9 Å². The molecule has 1 aliphatic heterocycles. The zero-order valence-corrected chi connectivity index (χ0v) is 13.7. The van der Waals surface area contributed by atoms with Gasteiger partial charge in [0.25, 0.3) is 0 Å². The lowest BCUT2D eigenvalue weighted by Crippen LogP contribution is -2.33. The summed E-state index contributed by atoms with van der Waals surface area (Å²) < 4.78 is 3.74. The predicted molar refractivity (Wildman–Crippen MR) is 85.1 cm³/mol. The fourth-order valence-electron chi connectivity index (χ4n) is 3.00. The lowest BCUT2D eigenvalue weighted by molar-refractivity contribution is 0.579. The van der Waals surface area contributed by atoms with Crippen molar-refractivity contribution < 1.29 is 0 Å². The van der Waals surface area contributed by atoms with Gasteiger partial charge in [0.2, 0.25) is 5.28 Å². The van der Waals surface area contributed by atoms with Crippen molar-refractivity contribution in [1.29, 1.82) is 0 Å². The third-order valence-corrected chi connectivity index (χ3v) is 4.16. The first-order valence-electron chi connectivity index (χ1n) is 7.34. The van der Waals surface area contributed by atoms with Gasteiger partial charge in [0.05, 0.1) is 12.2 Å². The Morgan fingerprint density at radius 3 is 2.83 bits per heavy atom. The number of hydrogen-bond donors (Lipinski definition) is 0. The Hall–Kier alpha value is -2.48. The highest BCUT2D eigenvalue weighted by Gasteiger charge is 2.36. The maximum absolute atomic E-state index is 6.05. The number of aromatic nitrogens is 7. The summed E-state index contributed by atoms with van der Waals surface area (Å²) in [5, 5.41) is 13.3. The Morgan fingerprint density at radius 1 is 1.30 bits per heavy atom. The molecule has 3 aromatic rings. The summed E-state index contributed by atoms with van der Waals surface area (Å²) in [5.41, 5.74) is 0.808. The molecule has 9 heteroatoms. The van der Waals surface area contributed by atoms with Gasteiger partial charge in [-0.15, -0.1) is 10.2 Å². The van der Waals surface area contributed by atoms with Gasteiger partial charge in [-0.25, -0.2) is 4.98 Å². The van der Waals surface area contributed by atoms with Crippen LogP contribution in [0.3, 0.4) is 0 Å². The topological polar surface area (TPSA) is 77.5 Å². The number of aryl methyl sites for hydroxylation is 2. The molecular formula is C14H15ClN8. The summed E-state index contributed by atoms with van der Waals surface area (Å²) in [6.07, 6.45) is 4.43. The fraction of sp³-hybridized carbons (Fsp3) is 0.357. The third kappa shape index (κ3) is 2.02. The van der Waals surface area contributed by atoms with E-state index >= 15 is 0 Å². The molecule has 0 saturated heterocycles. The number of nitrogens with zero attached hydrogens (tertiary/aromatic N) is 8. The van der Waals surface area contributed by atoms with Crippen LogP contribution in [0.5, 0.6) is 0 Å². The average Bonchev–Trinajstić information content (AvgIpc) is 3.12. The fourth-order valence-corrected chi connectivity index (χ4v) is 3.13. The monoisotopic (exact) mass is 330 g/mol. The van der Waals surface area contributed by atoms with Crippen LogP contribution in [0.4, 0.5) is 11.6 Å². The molecule has 0 saturated carbocycles. The minimum Gasteiger partial charge on any atom is -0.297 e. The van der Waals surface area contributed by atoms with Crippen molar-refractivity contribution in [2.45, 2.75) is 26.3 Å². The van der Waals surface area contributed by atoms with E-state index in [0.717, 1.165) is 29.6 Å². The van der Waals surface area contributed by atoms with Gasteiger partial charge < -0.3 is 0 Å². The molecule has 3 aromatic heterocycles. The molecule has 0 radical (unpaired) electrons. The maximum atomic E-state index is 6.05. The maximum Gasteiger partial charge on any atom is 0.224 e. The molecule has 4 rings (SSSR count). The van der Waals surface area contributed by atoms with Crippen LogP contribution in [0.1, 0.15) is 31.0 Å². The Kier molecular flexibility index (Phi) is 3.08. The molecule has 4 heterocycles. The standard InChI is InChI=1S/C14H15ClN8/c1-4-9-13-19-18-8(2)22(13)10-7-16-14(15)17-12(10)23(9)11-5-6-21(3)20-11/h5-7,9H,4H2,1-3H3. The Morgan fingerprint density at radius 2 is 2.13 bits per heavy atom. The molecule has 8 nitrogen and oxygen atoms in total. The third-order valence-electron chi connectivity index (χ3n) is 3.98. The summed E-state index contributed by atoms with van der Waals surface area (Å²) in [4.78, 5) is 10.6. The van der Waals surface area contributed by atoms with E-state index in [2.05, 4.69) is 32.2 Å². The highest BCUT2D eigenvalue weighted by atomic mass is 35.5. The first-order valence-corrected chi connectivity index (χ1v) is 7.71. The van der Waals surface area contributed by atoms with Crippen molar-refractivity contribution in [3.63, 3.8) is 0 Å². The van der Waals surface area contributed by atoms with E-state index < -0.39 is 0 Å². The largest absolute Gasteiger partial charge is 0.297 e. The van der Waals surface area contributed by atoms with Crippen LogP contribution in [0.2, 0.25) is 5.28 Å². The molecular weight excluding hydrogens is 316 g/mol. The summed E-state index contributed by atoms with van der Waals surface area (Å²) in [7, 11) is 1.88. The van der Waals surface area contributed by atoms with E-state index in [1.54, 1.807) is 10.9 Å². The van der Waals surface area contributed by atoms with Crippen LogP contribution in [0.25, 0.3) is 5.69 Å². The first kappa shape index (κ1) is 14.1. The van der Waals surface area contributed by atoms with E-state index in [1.165, 1.54) is 0 Å². The van der Waals surface area contributed by atoms with Gasteiger partial charge in [-0.1, -0.05) is 6.92 Å². The molecule has 0 aromatic carbocycles. The van der Waals surface area contributed by atoms with E-state index in [4.69, 9.17) is 11.6 Å². The Bertz CT molecular complexity index is 883. The van der Waals surface area contributed by atoms with Gasteiger partial charge in [0.15, 0.2) is 17.5 Å². The van der Waals surface area contributed by atoms with Gasteiger partial charge in [-0.2, -0.15) is 10.1 Å². The zero-order valence-electron chi connectivity index (χ0n) is 13.0. The molecule has 23 heavy (non-hydrogen) atoms. The molecule has 0 spiro atoms. The van der Waals surface area contributed by atoms with E-state index in [9.17, 15) is 0 Å². The summed E-state index contributed by atoms with van der Waals surface area (Å²) in [6, 6.07) is 1.92. The lowest BCUT2D eigenvalue weighted by Gasteiger charge is -2.35. The molecule has 1 unspecified atom stereocenters. The van der Waals surface area contributed by atoms with Crippen molar-refractivity contribution in [2.75, 3.05) is 4.90 Å². The number of rotatable bonds is 2. The average molecular weight is 331 g/mol. The molecule has 0 amide bonds. The number of halogens is 1. The van der Waals surface area contributed by atoms with Crippen LogP contribution in [0.15, 0.2) is 18.5 Å². The van der Waals surface area contributed by atoms with E-state index in [-0.39, 0.29) is 11.3 Å². The summed E-state index contributed by atoms with van der Waals surface area (Å²) >= 11 is 6.05. The molecule has 1 atom stereocenters. The van der Waals surface area contributed by atoms with Crippen molar-refractivity contribution in [1.82, 2.24) is 34.5 Å². The second kappa shape index (κ2) is 5.02. The van der Waals surface area contributed by atoms with E-state index in [1.807, 2.05) is 35.7 Å². The molecule has 0 N–H and O–H groups in total. The molecule has 0 aliphatic carbocycles. The molecule has 1 aliphatic rings. The normalized spacial score (nSPS) is 16.3. The highest BCUT2D eigenvalue weighted by molar-refractivity contribution is 6.28. The smallest absolute Gasteiger partial charge is 0.224 e. The second-order valence-electron chi connectivity index (χ2n) is 5.43. The number of anilines is 2. The first-order chi connectivity index (χ1) is 11.1. The van der Waals surface area contributed by atoms with Crippen LogP contribution in [0, 0.1) is 6.92 Å². The molecule has 0 fully saturated rings. The lowest BCUT2D eigenvalue weighted by atomic mass is 10.1. The van der Waals surface area contributed by atoms with Crippen LogP contribution >= 0.6 is 11.6 Å². The number of fused-ring (bicyclic) bond motifs is 3. The molecule has 118 valence electrons. The Balaban J connectivity index is 2.01. The van der Waals surface area contributed by atoms with Gasteiger partial charge >= 0.3 is 0 Å². The van der Waals surface area contributed by atoms with Crippen LogP contribution in [-0.4, -0.2) is 34.5 Å². The van der Waals surface area contributed by atoms with Crippen molar-refractivity contribution in [3.05, 3.63) is 35.4 Å². The SMILES string of the molecule is CCC1c2nnc(C)n2-c2cnc(Cl)nc2N1c1ccn(C)n1. The second-order valence-corrected chi connectivity index (χ2v) is 5.77. The zero-order chi connectivity index (χ0) is 16.1. The van der Waals surface area contributed by atoms with Gasteiger partial charge in [0.1, 0.15) is 11.5 Å². The van der Waals surface area contributed by atoms with Crippen molar-refractivity contribution in [3.8, 4) is 5.69 Å². The minimum atomic E-state index is -0.0235. The molecule has 0 bridgehead atoms. The van der Waals surface area contributed by atoms with Crippen molar-refractivity contribution in [2.24, 2.45) is 7.05 Å². The van der Waals surface area contributed by atoms with Crippen LogP contribution in [-0.2, 0) is 7.05 Å². The summed E-state index contributed by atoms with van der Waals surface area (Å²) in [6.45, 7) is 4.01. The summed E-state index contributed by atoms with van der Waals surface area (Å²) in [5.74, 6) is 3.16. The van der Waals surface area contributed by atoms with E-state index in [0.29, 0.717) is 5.82 Å². The predicted octanol–water partition coefficient (Wildman–Crippen LogP) is 2.36. The van der Waals surface area contributed by atoms with Crippen LogP contribution < -0.4 is 4.90 Å². The van der Waals surface area contributed by atoms with Gasteiger partial charge in [-0.3, -0.25) is 14.1 Å². The Labute approximate surface area is 137 Å². The quantitative estimate of drug-likeness (QED) is 0.671. The van der Waals surface area contributed by atoms with Crippen molar-refractivity contribution >= 4 is 23.2 Å². The van der Waals surface area contributed by atoms with Gasteiger partial charge in [0, 0.05) is 19.3 Å². The minimum absolute atomic E-state index is 0.0235. The highest BCUT2D eigenvalue weighted by Crippen LogP contribution is 2.42. The number of hydrogen-bond acceptors (Lipinski definition) is 6.